The molecule has 0 radical (unpaired) electrons. The van der Waals surface area contributed by atoms with Crippen molar-refractivity contribution in [3.05, 3.63) is 35.9 Å². The Morgan fingerprint density at radius 3 is 2.56 bits per heavy atom. The average molecular weight is 225 g/mol. The van der Waals surface area contributed by atoms with Crippen LogP contribution in [0.3, 0.4) is 0 Å². The molecule has 0 unspecified atom stereocenters. The second-order valence-electron chi connectivity index (χ2n) is 3.37. The molecule has 1 aromatic rings. The van der Waals surface area contributed by atoms with E-state index in [2.05, 4.69) is 12.1 Å². The molecular formula is C12H19NO3. The summed E-state index contributed by atoms with van der Waals surface area (Å²) < 4.78 is 5.18. The number of aliphatic hydroxyl groups excluding tert-OH is 1. The topological polar surface area (TPSA) is 41.9 Å². The van der Waals surface area contributed by atoms with E-state index in [1.54, 1.807) is 7.11 Å². The molecule has 0 aromatic heterocycles. The summed E-state index contributed by atoms with van der Waals surface area (Å²) >= 11 is 0. The maximum Gasteiger partial charge on any atom is 0.0698 e. The highest BCUT2D eigenvalue weighted by atomic mass is 16.7. The smallest absolute Gasteiger partial charge is 0.0698 e. The van der Waals surface area contributed by atoms with Crippen molar-refractivity contribution in [3.8, 4) is 0 Å². The predicted molar refractivity (Wildman–Crippen MR) is 61.8 cm³/mol. The van der Waals surface area contributed by atoms with Gasteiger partial charge in [-0.2, -0.15) is 5.06 Å². The summed E-state index contributed by atoms with van der Waals surface area (Å²) in [5.74, 6) is 0. The van der Waals surface area contributed by atoms with Crippen molar-refractivity contribution in [1.29, 1.82) is 0 Å². The molecule has 0 fully saturated rings. The predicted octanol–water partition coefficient (Wildman–Crippen LogP) is 1.06. The molecule has 0 spiro atoms. The quantitative estimate of drug-likeness (QED) is 0.530. The highest BCUT2D eigenvalue weighted by Crippen LogP contribution is 2.03. The number of hydrogen-bond donors (Lipinski definition) is 1. The van der Waals surface area contributed by atoms with Crippen LogP contribution in [0.5, 0.6) is 0 Å². The minimum Gasteiger partial charge on any atom is -0.394 e. The van der Waals surface area contributed by atoms with Gasteiger partial charge in [-0.3, -0.25) is 0 Å². The third-order valence-corrected chi connectivity index (χ3v) is 2.18. The van der Waals surface area contributed by atoms with Crippen LogP contribution in [0.4, 0.5) is 0 Å². The van der Waals surface area contributed by atoms with Crippen LogP contribution >= 0.6 is 0 Å². The number of rotatable bonds is 8. The average Bonchev–Trinajstić information content (AvgIpc) is 2.34. The van der Waals surface area contributed by atoms with Crippen LogP contribution < -0.4 is 0 Å². The molecule has 4 nitrogen and oxygen atoms in total. The van der Waals surface area contributed by atoms with Crippen molar-refractivity contribution < 1.29 is 14.7 Å². The van der Waals surface area contributed by atoms with E-state index in [4.69, 9.17) is 14.7 Å². The third kappa shape index (κ3) is 5.23. The van der Waals surface area contributed by atoms with Gasteiger partial charge in [0.2, 0.25) is 0 Å². The van der Waals surface area contributed by atoms with Gasteiger partial charge in [0.05, 0.1) is 26.9 Å². The number of hydroxylamine groups is 2. The summed E-state index contributed by atoms with van der Waals surface area (Å²) in [6, 6.07) is 10.1. The Morgan fingerprint density at radius 1 is 1.19 bits per heavy atom. The number of hydrogen-bond acceptors (Lipinski definition) is 4. The van der Waals surface area contributed by atoms with Gasteiger partial charge in [-0.05, 0) is 5.56 Å². The van der Waals surface area contributed by atoms with E-state index < -0.39 is 0 Å². The second kappa shape index (κ2) is 8.24. The van der Waals surface area contributed by atoms with Crippen molar-refractivity contribution >= 4 is 0 Å². The van der Waals surface area contributed by atoms with Crippen molar-refractivity contribution in [3.63, 3.8) is 0 Å². The molecule has 0 heterocycles. The lowest BCUT2D eigenvalue weighted by atomic mass is 10.2. The van der Waals surface area contributed by atoms with E-state index in [1.165, 1.54) is 5.56 Å². The molecule has 0 aliphatic carbocycles. The highest BCUT2D eigenvalue weighted by Gasteiger charge is 2.04. The fourth-order valence-corrected chi connectivity index (χ4v) is 1.35. The zero-order valence-corrected chi connectivity index (χ0v) is 9.63. The Bertz CT molecular complexity index is 266. The Balaban J connectivity index is 2.26. The molecule has 0 aliphatic rings. The van der Waals surface area contributed by atoms with Gasteiger partial charge in [-0.15, -0.1) is 0 Å². The van der Waals surface area contributed by atoms with Crippen molar-refractivity contribution in [1.82, 2.24) is 5.06 Å². The number of ether oxygens (including phenoxy) is 1. The highest BCUT2D eigenvalue weighted by molar-refractivity contribution is 5.14. The lowest BCUT2D eigenvalue weighted by Gasteiger charge is -2.19. The van der Waals surface area contributed by atoms with E-state index in [0.717, 1.165) is 6.54 Å². The van der Waals surface area contributed by atoms with E-state index in [0.29, 0.717) is 19.8 Å². The van der Waals surface area contributed by atoms with Crippen molar-refractivity contribution in [2.75, 3.05) is 33.5 Å². The van der Waals surface area contributed by atoms with Gasteiger partial charge in [0.1, 0.15) is 0 Å². The zero-order chi connectivity index (χ0) is 11.6. The summed E-state index contributed by atoms with van der Waals surface area (Å²) in [5, 5.41) is 10.4. The normalized spacial score (nSPS) is 10.9. The van der Waals surface area contributed by atoms with E-state index in [1.807, 2.05) is 23.3 Å². The Kier molecular flexibility index (Phi) is 6.76. The lowest BCUT2D eigenvalue weighted by Crippen LogP contribution is -2.26. The first-order valence-electron chi connectivity index (χ1n) is 5.38. The van der Waals surface area contributed by atoms with E-state index >= 15 is 0 Å². The molecule has 0 aliphatic heterocycles. The van der Waals surface area contributed by atoms with E-state index in [9.17, 15) is 0 Å². The van der Waals surface area contributed by atoms with Gasteiger partial charge in [0.25, 0.3) is 0 Å². The van der Waals surface area contributed by atoms with Crippen LogP contribution in [-0.2, 0) is 16.1 Å². The second-order valence-corrected chi connectivity index (χ2v) is 3.37. The molecule has 0 atom stereocenters. The Hall–Kier alpha value is -0.940. The van der Waals surface area contributed by atoms with Gasteiger partial charge in [0.15, 0.2) is 0 Å². The summed E-state index contributed by atoms with van der Waals surface area (Å²) in [6.07, 6.45) is 0. The van der Waals surface area contributed by atoms with Gasteiger partial charge >= 0.3 is 0 Å². The number of benzene rings is 1. The molecule has 1 N–H and O–H groups in total. The number of aliphatic hydroxyl groups is 1. The first kappa shape index (κ1) is 13.1. The Morgan fingerprint density at radius 2 is 1.94 bits per heavy atom. The van der Waals surface area contributed by atoms with Crippen LogP contribution in [0.1, 0.15) is 5.56 Å². The minimum absolute atomic E-state index is 0.0612. The van der Waals surface area contributed by atoms with Crippen LogP contribution in [-0.4, -0.2) is 43.6 Å². The molecule has 1 rings (SSSR count). The zero-order valence-electron chi connectivity index (χ0n) is 9.63. The summed E-state index contributed by atoms with van der Waals surface area (Å²) in [7, 11) is 1.65. The first-order chi connectivity index (χ1) is 7.86. The molecule has 0 amide bonds. The molecule has 90 valence electrons. The molecule has 0 saturated heterocycles. The SMILES string of the molecule is CON(CCOCCO)Cc1ccccc1. The van der Waals surface area contributed by atoms with Gasteiger partial charge in [-0.1, -0.05) is 30.3 Å². The van der Waals surface area contributed by atoms with Crippen molar-refractivity contribution in [2.45, 2.75) is 6.54 Å². The molecule has 4 heteroatoms. The van der Waals surface area contributed by atoms with E-state index in [-0.39, 0.29) is 6.61 Å². The summed E-state index contributed by atoms with van der Waals surface area (Å²) in [6.45, 7) is 2.42. The summed E-state index contributed by atoms with van der Waals surface area (Å²) in [4.78, 5) is 5.23. The molecule has 1 aromatic carbocycles. The number of nitrogens with zero attached hydrogens (tertiary/aromatic N) is 1. The van der Waals surface area contributed by atoms with Gasteiger partial charge in [0, 0.05) is 13.1 Å². The van der Waals surface area contributed by atoms with Crippen LogP contribution in [0, 0.1) is 0 Å². The monoisotopic (exact) mass is 225 g/mol. The van der Waals surface area contributed by atoms with Crippen LogP contribution in [0.25, 0.3) is 0 Å². The standard InChI is InChI=1S/C12H19NO3/c1-15-13(7-9-16-10-8-14)11-12-5-3-2-4-6-12/h2-6,14H,7-11H2,1H3. The maximum absolute atomic E-state index is 8.55. The lowest BCUT2D eigenvalue weighted by molar-refractivity contribution is -0.148. The fraction of sp³-hybridized carbons (Fsp3) is 0.500. The summed E-state index contributed by atoms with van der Waals surface area (Å²) in [5.41, 5.74) is 1.20. The van der Waals surface area contributed by atoms with Crippen LogP contribution in [0.2, 0.25) is 0 Å². The molecule has 0 bridgehead atoms. The Labute approximate surface area is 96.4 Å². The molecule has 16 heavy (non-hydrogen) atoms. The van der Waals surface area contributed by atoms with Crippen LogP contribution in [0.15, 0.2) is 30.3 Å². The largest absolute Gasteiger partial charge is 0.394 e. The maximum atomic E-state index is 8.55. The molecule has 0 saturated carbocycles. The van der Waals surface area contributed by atoms with Crippen molar-refractivity contribution in [2.24, 2.45) is 0 Å². The minimum atomic E-state index is 0.0612. The first-order valence-corrected chi connectivity index (χ1v) is 5.38. The van der Waals surface area contributed by atoms with Gasteiger partial charge < -0.3 is 14.7 Å². The molecular weight excluding hydrogens is 206 g/mol. The third-order valence-electron chi connectivity index (χ3n) is 2.18. The fourth-order valence-electron chi connectivity index (χ4n) is 1.35. The van der Waals surface area contributed by atoms with Gasteiger partial charge in [-0.25, -0.2) is 0 Å².